The highest BCUT2D eigenvalue weighted by atomic mass is 35.5. The van der Waals surface area contributed by atoms with Crippen LogP contribution < -0.4 is 10.3 Å². The van der Waals surface area contributed by atoms with Gasteiger partial charge in [-0.3, -0.25) is 9.59 Å². The van der Waals surface area contributed by atoms with Gasteiger partial charge < -0.3 is 14.6 Å². The average Bonchev–Trinajstić information content (AvgIpc) is 2.53. The second kappa shape index (κ2) is 5.85. The highest BCUT2D eigenvalue weighted by molar-refractivity contribution is 6.31. The number of benzene rings is 1. The van der Waals surface area contributed by atoms with Crippen molar-refractivity contribution >= 4 is 17.5 Å². The Labute approximate surface area is 132 Å². The molecule has 114 valence electrons. The zero-order chi connectivity index (χ0) is 15.7. The fourth-order valence-corrected chi connectivity index (χ4v) is 2.83. The van der Waals surface area contributed by atoms with Gasteiger partial charge in [-0.25, -0.2) is 0 Å². The predicted octanol–water partition coefficient (Wildman–Crippen LogP) is 2.24. The summed E-state index contributed by atoms with van der Waals surface area (Å²) in [4.78, 5) is 28.4. The molecule has 22 heavy (non-hydrogen) atoms. The van der Waals surface area contributed by atoms with E-state index in [4.69, 9.17) is 16.3 Å². The van der Waals surface area contributed by atoms with Crippen LogP contribution in [0.4, 0.5) is 0 Å². The van der Waals surface area contributed by atoms with Gasteiger partial charge in [0.25, 0.3) is 5.91 Å². The molecule has 0 fully saturated rings. The summed E-state index contributed by atoms with van der Waals surface area (Å²) in [7, 11) is 1.52. The largest absolute Gasteiger partial charge is 0.496 e. The van der Waals surface area contributed by atoms with Gasteiger partial charge in [0, 0.05) is 30.4 Å². The molecule has 0 radical (unpaired) electrons. The molecule has 0 aliphatic carbocycles. The van der Waals surface area contributed by atoms with Crippen LogP contribution in [-0.2, 0) is 13.0 Å². The van der Waals surface area contributed by atoms with E-state index in [0.29, 0.717) is 35.8 Å². The monoisotopic (exact) mass is 318 g/mol. The summed E-state index contributed by atoms with van der Waals surface area (Å²) < 4.78 is 5.24. The third kappa shape index (κ3) is 2.72. The molecule has 2 aromatic rings. The molecule has 1 amide bonds. The van der Waals surface area contributed by atoms with Crippen molar-refractivity contribution in [3.05, 3.63) is 62.5 Å². The number of aromatic amines is 1. The molecule has 0 spiro atoms. The van der Waals surface area contributed by atoms with Crippen molar-refractivity contribution in [2.45, 2.75) is 13.0 Å². The van der Waals surface area contributed by atoms with Crippen LogP contribution in [0.5, 0.6) is 5.75 Å². The molecule has 1 aliphatic heterocycles. The number of hydrogen-bond acceptors (Lipinski definition) is 3. The number of carbonyl (C=O) groups is 1. The van der Waals surface area contributed by atoms with E-state index < -0.39 is 0 Å². The predicted molar refractivity (Wildman–Crippen MR) is 83.5 cm³/mol. The molecule has 1 N–H and O–H groups in total. The van der Waals surface area contributed by atoms with Gasteiger partial charge in [-0.05, 0) is 35.7 Å². The number of H-pyrrole nitrogens is 1. The Hall–Kier alpha value is -2.27. The zero-order valence-corrected chi connectivity index (χ0v) is 12.8. The van der Waals surface area contributed by atoms with Crippen LogP contribution in [0.15, 0.2) is 35.3 Å². The molecule has 5 nitrogen and oxygen atoms in total. The fraction of sp³-hybridized carbons (Fsp3) is 0.250. The molecule has 0 bridgehead atoms. The number of fused-ring (bicyclic) bond motifs is 1. The van der Waals surface area contributed by atoms with E-state index in [1.807, 2.05) is 0 Å². The number of halogens is 1. The second-order valence-electron chi connectivity index (χ2n) is 5.17. The maximum atomic E-state index is 12.7. The van der Waals surface area contributed by atoms with E-state index in [-0.39, 0.29) is 11.5 Å². The molecule has 6 heteroatoms. The lowest BCUT2D eigenvalue weighted by Crippen LogP contribution is -2.36. The van der Waals surface area contributed by atoms with E-state index in [9.17, 15) is 9.59 Å². The van der Waals surface area contributed by atoms with Gasteiger partial charge in [-0.15, -0.1) is 0 Å². The second-order valence-corrected chi connectivity index (χ2v) is 5.61. The van der Waals surface area contributed by atoms with Gasteiger partial charge in [-0.1, -0.05) is 11.6 Å². The first-order chi connectivity index (χ1) is 10.6. The van der Waals surface area contributed by atoms with Crippen LogP contribution in [0.1, 0.15) is 21.5 Å². The van der Waals surface area contributed by atoms with Crippen molar-refractivity contribution in [3.8, 4) is 5.75 Å². The van der Waals surface area contributed by atoms with Crippen LogP contribution in [0.2, 0.25) is 5.02 Å². The molecule has 2 heterocycles. The zero-order valence-electron chi connectivity index (χ0n) is 12.1. The van der Waals surface area contributed by atoms with Crippen molar-refractivity contribution in [3.63, 3.8) is 0 Å². The van der Waals surface area contributed by atoms with E-state index in [2.05, 4.69) is 4.98 Å². The van der Waals surface area contributed by atoms with Crippen molar-refractivity contribution in [2.75, 3.05) is 13.7 Å². The van der Waals surface area contributed by atoms with Crippen LogP contribution in [-0.4, -0.2) is 29.4 Å². The Bertz CT molecular complexity index is 785. The normalized spacial score (nSPS) is 13.6. The van der Waals surface area contributed by atoms with Gasteiger partial charge in [0.05, 0.1) is 12.7 Å². The minimum absolute atomic E-state index is 0.116. The molecular formula is C16H15ClN2O3. The van der Waals surface area contributed by atoms with Gasteiger partial charge in [0.15, 0.2) is 0 Å². The number of nitrogens with zero attached hydrogens (tertiary/aromatic N) is 1. The quantitative estimate of drug-likeness (QED) is 0.923. The lowest BCUT2D eigenvalue weighted by atomic mass is 10.0. The number of nitrogens with one attached hydrogen (secondary N) is 1. The number of pyridine rings is 1. The number of rotatable bonds is 2. The smallest absolute Gasteiger partial charge is 0.257 e. The number of carbonyl (C=O) groups excluding carboxylic acids is 1. The first-order valence-corrected chi connectivity index (χ1v) is 7.29. The van der Waals surface area contributed by atoms with Crippen molar-refractivity contribution in [1.29, 1.82) is 0 Å². The third-order valence-electron chi connectivity index (χ3n) is 3.80. The lowest BCUT2D eigenvalue weighted by molar-refractivity contribution is 0.0731. The minimum atomic E-state index is -0.129. The summed E-state index contributed by atoms with van der Waals surface area (Å²) in [5, 5.41) is 0.492. The van der Waals surface area contributed by atoms with Crippen molar-refractivity contribution in [1.82, 2.24) is 9.88 Å². The molecule has 1 aromatic heterocycles. The molecule has 1 aliphatic rings. The van der Waals surface area contributed by atoms with Gasteiger partial charge >= 0.3 is 0 Å². The highest BCUT2D eigenvalue weighted by Gasteiger charge is 2.24. The summed E-state index contributed by atoms with van der Waals surface area (Å²) in [6, 6.07) is 6.58. The van der Waals surface area contributed by atoms with Crippen molar-refractivity contribution in [2.24, 2.45) is 0 Å². The number of ether oxygens (including phenoxy) is 1. The van der Waals surface area contributed by atoms with Gasteiger partial charge in [-0.2, -0.15) is 0 Å². The molecule has 0 unspecified atom stereocenters. The maximum Gasteiger partial charge on any atom is 0.257 e. The van der Waals surface area contributed by atoms with Crippen LogP contribution in [0.25, 0.3) is 0 Å². The fourth-order valence-electron chi connectivity index (χ4n) is 2.65. The maximum absolute atomic E-state index is 12.7. The van der Waals surface area contributed by atoms with E-state index in [0.717, 1.165) is 11.1 Å². The Morgan fingerprint density at radius 1 is 1.32 bits per heavy atom. The Balaban J connectivity index is 1.90. The van der Waals surface area contributed by atoms with Crippen molar-refractivity contribution < 1.29 is 9.53 Å². The lowest BCUT2D eigenvalue weighted by Gasteiger charge is -2.29. The average molecular weight is 319 g/mol. The first-order valence-electron chi connectivity index (χ1n) is 6.92. The summed E-state index contributed by atoms with van der Waals surface area (Å²) in [6.07, 6.45) is 2.33. The Morgan fingerprint density at radius 3 is 2.91 bits per heavy atom. The molecule has 0 saturated carbocycles. The number of amides is 1. The number of aromatic nitrogens is 1. The molecule has 0 atom stereocenters. The van der Waals surface area contributed by atoms with Crippen LogP contribution >= 0.6 is 11.6 Å². The Morgan fingerprint density at radius 2 is 2.14 bits per heavy atom. The Kier molecular flexibility index (Phi) is 3.90. The minimum Gasteiger partial charge on any atom is -0.496 e. The van der Waals surface area contributed by atoms with Gasteiger partial charge in [0.1, 0.15) is 5.75 Å². The van der Waals surface area contributed by atoms with E-state index in [1.165, 1.54) is 7.11 Å². The SMILES string of the molecule is COc1ccc(Cl)cc1C(=O)N1CCc2cc(=O)[nH]cc2C1. The highest BCUT2D eigenvalue weighted by Crippen LogP contribution is 2.26. The van der Waals surface area contributed by atoms with Crippen LogP contribution in [0, 0.1) is 0 Å². The summed E-state index contributed by atoms with van der Waals surface area (Å²) in [6.45, 7) is 1.02. The first kappa shape index (κ1) is 14.7. The topological polar surface area (TPSA) is 62.4 Å². The number of methoxy groups -OCH3 is 1. The third-order valence-corrected chi connectivity index (χ3v) is 4.03. The molecular weight excluding hydrogens is 304 g/mol. The molecule has 0 saturated heterocycles. The standard InChI is InChI=1S/C16H15ClN2O3/c1-22-14-3-2-12(17)7-13(14)16(21)19-5-4-10-6-15(20)18-8-11(10)9-19/h2-3,6-8H,4-5,9H2,1H3,(H,18,20). The molecule has 3 rings (SSSR count). The van der Waals surface area contributed by atoms with Gasteiger partial charge in [0.2, 0.25) is 5.56 Å². The van der Waals surface area contributed by atoms with E-state index in [1.54, 1.807) is 35.4 Å². The van der Waals surface area contributed by atoms with E-state index >= 15 is 0 Å². The molecule has 1 aromatic carbocycles. The summed E-state index contributed by atoms with van der Waals surface area (Å²) in [5.74, 6) is 0.373. The summed E-state index contributed by atoms with van der Waals surface area (Å²) >= 11 is 5.99. The summed E-state index contributed by atoms with van der Waals surface area (Å²) in [5.41, 5.74) is 2.28. The van der Waals surface area contributed by atoms with Crippen LogP contribution in [0.3, 0.4) is 0 Å². The number of hydrogen-bond donors (Lipinski definition) is 1.